The molecule has 1 aromatic carbocycles. The summed E-state index contributed by atoms with van der Waals surface area (Å²) < 4.78 is 39.0. The van der Waals surface area contributed by atoms with Gasteiger partial charge in [0.1, 0.15) is 16.4 Å². The van der Waals surface area contributed by atoms with Crippen LogP contribution in [0.25, 0.3) is 0 Å². The number of rotatable bonds is 3. The largest absolute Gasteiger partial charge is 0.436 e. The van der Waals surface area contributed by atoms with Crippen molar-refractivity contribution in [2.45, 2.75) is 13.1 Å². The molecule has 1 amide bonds. The van der Waals surface area contributed by atoms with Gasteiger partial charge < -0.3 is 5.32 Å². The lowest BCUT2D eigenvalue weighted by atomic mass is 10.2. The van der Waals surface area contributed by atoms with Gasteiger partial charge in [-0.25, -0.2) is 0 Å². The van der Waals surface area contributed by atoms with Crippen LogP contribution < -0.4 is 5.32 Å². The van der Waals surface area contributed by atoms with E-state index in [1.54, 1.807) is 6.92 Å². The number of halogens is 4. The van der Waals surface area contributed by atoms with Gasteiger partial charge in [-0.05, 0) is 18.6 Å². The number of benzene rings is 1. The summed E-state index contributed by atoms with van der Waals surface area (Å²) in [7, 11) is 1.11. The Morgan fingerprint density at radius 1 is 1.42 bits per heavy atom. The van der Waals surface area contributed by atoms with Crippen LogP contribution >= 0.6 is 11.6 Å². The third-order valence-electron chi connectivity index (χ3n) is 3.07. The summed E-state index contributed by atoms with van der Waals surface area (Å²) in [6, 6.07) is 4.01. The first kappa shape index (κ1) is 17.7. The zero-order valence-electron chi connectivity index (χ0n) is 12.3. The highest BCUT2D eigenvalue weighted by atomic mass is 35.5. The molecule has 0 atom stereocenters. The van der Waals surface area contributed by atoms with E-state index in [-0.39, 0.29) is 5.69 Å². The number of aromatic nitrogens is 2. The number of hydrogen-bond donors (Lipinski definition) is 1. The molecule has 11 heteroatoms. The molecule has 2 aromatic rings. The van der Waals surface area contributed by atoms with E-state index in [0.29, 0.717) is 10.2 Å². The van der Waals surface area contributed by atoms with Crippen LogP contribution in [0.1, 0.15) is 21.7 Å². The maximum atomic E-state index is 12.8. The molecule has 24 heavy (non-hydrogen) atoms. The molecule has 0 aliphatic carbocycles. The highest BCUT2D eigenvalue weighted by Gasteiger charge is 2.39. The number of hydrogen-bond acceptors (Lipinski definition) is 4. The summed E-state index contributed by atoms with van der Waals surface area (Å²) in [5, 5.41) is 15.5. The molecule has 0 spiro atoms. The van der Waals surface area contributed by atoms with Gasteiger partial charge in [0.25, 0.3) is 11.6 Å². The molecule has 0 saturated heterocycles. The Labute approximate surface area is 138 Å². The zero-order valence-corrected chi connectivity index (χ0v) is 13.1. The normalized spacial score (nSPS) is 11.4. The smallest absolute Gasteiger partial charge is 0.315 e. The van der Waals surface area contributed by atoms with Gasteiger partial charge in [0, 0.05) is 13.1 Å². The van der Waals surface area contributed by atoms with Crippen LogP contribution in [0.15, 0.2) is 18.2 Å². The highest BCUT2D eigenvalue weighted by Crippen LogP contribution is 2.36. The number of nitro benzene ring substituents is 1. The number of nitrogens with zero attached hydrogens (tertiary/aromatic N) is 3. The number of nitro groups is 1. The minimum absolute atomic E-state index is 0.165. The van der Waals surface area contributed by atoms with Crippen LogP contribution in [0.4, 0.5) is 24.5 Å². The fraction of sp³-hybridized carbons (Fsp3) is 0.231. The van der Waals surface area contributed by atoms with E-state index >= 15 is 0 Å². The Bertz CT molecular complexity index is 833. The third kappa shape index (κ3) is 3.32. The standard InChI is InChI=1S/C13H10ClF3N4O3/c1-6-3-4-7(8(5-6)21(23)24)18-12(22)10-9(14)11(13(15,16)17)19-20(10)2/h3-5H,1-2H3,(H,18,22). The van der Waals surface area contributed by atoms with Gasteiger partial charge in [0.05, 0.1) is 4.92 Å². The van der Waals surface area contributed by atoms with Crippen molar-refractivity contribution < 1.29 is 22.9 Å². The topological polar surface area (TPSA) is 90.1 Å². The summed E-state index contributed by atoms with van der Waals surface area (Å²) in [5.41, 5.74) is -1.94. The Morgan fingerprint density at radius 2 is 2.04 bits per heavy atom. The Kier molecular flexibility index (Phi) is 4.52. The van der Waals surface area contributed by atoms with E-state index in [4.69, 9.17) is 11.6 Å². The van der Waals surface area contributed by atoms with Crippen LogP contribution in [-0.4, -0.2) is 20.6 Å². The maximum absolute atomic E-state index is 12.8. The molecule has 2 rings (SSSR count). The second-order valence-corrected chi connectivity index (χ2v) is 5.24. The van der Waals surface area contributed by atoms with Crippen molar-refractivity contribution in [2.75, 3.05) is 5.32 Å². The molecular formula is C13H10ClF3N4O3. The Morgan fingerprint density at radius 3 is 2.54 bits per heavy atom. The van der Waals surface area contributed by atoms with Crippen LogP contribution in [-0.2, 0) is 13.2 Å². The first-order chi connectivity index (χ1) is 11.0. The van der Waals surface area contributed by atoms with Gasteiger partial charge >= 0.3 is 6.18 Å². The number of amides is 1. The number of alkyl halides is 3. The predicted molar refractivity (Wildman–Crippen MR) is 79.0 cm³/mol. The van der Waals surface area contributed by atoms with Crippen LogP contribution in [0.5, 0.6) is 0 Å². The fourth-order valence-corrected chi connectivity index (χ4v) is 2.36. The van der Waals surface area contributed by atoms with Crippen molar-refractivity contribution in [1.29, 1.82) is 0 Å². The molecule has 0 aliphatic heterocycles. The minimum atomic E-state index is -4.83. The number of carbonyl (C=O) groups excluding carboxylic acids is 1. The first-order valence-corrected chi connectivity index (χ1v) is 6.76. The van der Waals surface area contributed by atoms with E-state index in [9.17, 15) is 28.1 Å². The zero-order chi connectivity index (χ0) is 18.2. The van der Waals surface area contributed by atoms with E-state index in [1.807, 2.05) is 0 Å². The van der Waals surface area contributed by atoms with Crippen molar-refractivity contribution in [3.8, 4) is 0 Å². The SMILES string of the molecule is Cc1ccc(NC(=O)c2c(Cl)c(C(F)(F)F)nn2C)c([N+](=O)[O-])c1. The quantitative estimate of drug-likeness (QED) is 0.667. The Hall–Kier alpha value is -2.62. The lowest BCUT2D eigenvalue weighted by molar-refractivity contribution is -0.384. The van der Waals surface area contributed by atoms with Crippen molar-refractivity contribution in [3.05, 3.63) is 50.3 Å². The molecule has 0 fully saturated rings. The summed E-state index contributed by atoms with van der Waals surface area (Å²) in [4.78, 5) is 22.5. The second-order valence-electron chi connectivity index (χ2n) is 4.86. The molecule has 1 aromatic heterocycles. The van der Waals surface area contributed by atoms with E-state index in [1.165, 1.54) is 18.2 Å². The van der Waals surface area contributed by atoms with Gasteiger partial charge in [-0.15, -0.1) is 0 Å². The molecule has 1 heterocycles. The average Bonchev–Trinajstić information content (AvgIpc) is 2.75. The molecule has 7 nitrogen and oxygen atoms in total. The van der Waals surface area contributed by atoms with Crippen molar-refractivity contribution in [3.63, 3.8) is 0 Å². The summed E-state index contributed by atoms with van der Waals surface area (Å²) in [6.45, 7) is 1.62. The fourth-order valence-electron chi connectivity index (χ4n) is 2.01. The molecule has 0 saturated carbocycles. The summed E-state index contributed by atoms with van der Waals surface area (Å²) in [5.74, 6) is -1.04. The van der Waals surface area contributed by atoms with Crippen LogP contribution in [0.3, 0.4) is 0 Å². The molecule has 0 radical (unpaired) electrons. The van der Waals surface area contributed by atoms with Crippen molar-refractivity contribution >= 4 is 28.9 Å². The van der Waals surface area contributed by atoms with Gasteiger partial charge in [0.2, 0.25) is 0 Å². The van der Waals surface area contributed by atoms with Crippen LogP contribution in [0, 0.1) is 17.0 Å². The second kappa shape index (κ2) is 6.11. The maximum Gasteiger partial charge on any atom is 0.436 e. The number of anilines is 1. The van der Waals surface area contributed by atoms with Gasteiger partial charge in [0.15, 0.2) is 5.69 Å². The van der Waals surface area contributed by atoms with Crippen molar-refractivity contribution in [1.82, 2.24) is 9.78 Å². The average molecular weight is 363 g/mol. The predicted octanol–water partition coefficient (Wildman–Crippen LogP) is 3.56. The van der Waals surface area contributed by atoms with Gasteiger partial charge in [-0.1, -0.05) is 17.7 Å². The van der Waals surface area contributed by atoms with E-state index < -0.39 is 39.1 Å². The minimum Gasteiger partial charge on any atom is -0.315 e. The first-order valence-electron chi connectivity index (χ1n) is 6.38. The molecular weight excluding hydrogens is 353 g/mol. The van der Waals surface area contributed by atoms with E-state index in [0.717, 1.165) is 7.05 Å². The number of nitrogens with one attached hydrogen (secondary N) is 1. The highest BCUT2D eigenvalue weighted by molar-refractivity contribution is 6.34. The lowest BCUT2D eigenvalue weighted by Crippen LogP contribution is -2.17. The lowest BCUT2D eigenvalue weighted by Gasteiger charge is -2.07. The summed E-state index contributed by atoms with van der Waals surface area (Å²) >= 11 is 5.60. The molecule has 1 N–H and O–H groups in total. The summed E-state index contributed by atoms with van der Waals surface area (Å²) in [6.07, 6.45) is -4.83. The molecule has 0 unspecified atom stereocenters. The van der Waals surface area contributed by atoms with Gasteiger partial charge in [-0.3, -0.25) is 19.6 Å². The van der Waals surface area contributed by atoms with Crippen LogP contribution in [0.2, 0.25) is 5.02 Å². The number of aryl methyl sites for hydroxylation is 2. The number of carbonyl (C=O) groups is 1. The monoisotopic (exact) mass is 362 g/mol. The molecule has 0 bridgehead atoms. The third-order valence-corrected chi connectivity index (χ3v) is 3.43. The molecule has 0 aliphatic rings. The van der Waals surface area contributed by atoms with E-state index in [2.05, 4.69) is 10.4 Å². The van der Waals surface area contributed by atoms with Crippen molar-refractivity contribution in [2.24, 2.45) is 7.05 Å². The Balaban J connectivity index is 2.42. The molecule has 128 valence electrons. The van der Waals surface area contributed by atoms with Gasteiger partial charge in [-0.2, -0.15) is 18.3 Å².